The van der Waals surface area contributed by atoms with Gasteiger partial charge in [-0.15, -0.1) is 0 Å². The van der Waals surface area contributed by atoms with Crippen molar-refractivity contribution in [1.29, 1.82) is 0 Å². The van der Waals surface area contributed by atoms with Crippen LogP contribution in [0.15, 0.2) is 72.8 Å². The molecular weight excluding hydrogens is 324 g/mol. The summed E-state index contributed by atoms with van der Waals surface area (Å²) in [7, 11) is 1.70. The largest absolute Gasteiger partial charge is 0.377 e. The number of benzene rings is 2. The second-order valence-corrected chi connectivity index (χ2v) is 6.39. The fraction of sp³-hybridized carbons (Fsp3) is 0.348. The monoisotopic (exact) mass is 352 g/mol. The van der Waals surface area contributed by atoms with Crippen molar-refractivity contribution in [2.24, 2.45) is 5.92 Å². The average Bonchev–Trinajstić information content (AvgIpc) is 2.68. The van der Waals surface area contributed by atoms with Crippen LogP contribution in [-0.4, -0.2) is 19.5 Å². The van der Waals surface area contributed by atoms with E-state index in [4.69, 9.17) is 9.47 Å². The number of ether oxygens (including phenoxy) is 2. The predicted octanol–water partition coefficient (Wildman–Crippen LogP) is 5.13. The van der Waals surface area contributed by atoms with Crippen LogP contribution < -0.4 is 0 Å². The van der Waals surface area contributed by atoms with Gasteiger partial charge in [-0.3, -0.25) is 4.79 Å². The van der Waals surface area contributed by atoms with E-state index in [2.05, 4.69) is 0 Å². The summed E-state index contributed by atoms with van der Waals surface area (Å²) in [6, 6.07) is 20.1. The van der Waals surface area contributed by atoms with E-state index in [0.717, 1.165) is 11.1 Å². The molecule has 0 aromatic heterocycles. The summed E-state index contributed by atoms with van der Waals surface area (Å²) in [5.74, 6) is 0.142. The molecule has 26 heavy (non-hydrogen) atoms. The van der Waals surface area contributed by atoms with Crippen molar-refractivity contribution in [3.63, 3.8) is 0 Å². The second kappa shape index (κ2) is 11.4. The van der Waals surface area contributed by atoms with E-state index in [0.29, 0.717) is 26.1 Å². The summed E-state index contributed by atoms with van der Waals surface area (Å²) in [5.41, 5.74) is 2.27. The highest BCUT2D eigenvalue weighted by atomic mass is 16.5. The predicted molar refractivity (Wildman–Crippen MR) is 105 cm³/mol. The Balaban J connectivity index is 1.79. The molecule has 0 aliphatic rings. The zero-order valence-corrected chi connectivity index (χ0v) is 15.6. The molecule has 0 saturated heterocycles. The molecule has 0 spiro atoms. The van der Waals surface area contributed by atoms with Gasteiger partial charge in [0.25, 0.3) is 0 Å². The van der Waals surface area contributed by atoms with Gasteiger partial charge in [0, 0.05) is 13.0 Å². The lowest BCUT2D eigenvalue weighted by molar-refractivity contribution is -0.121. The third kappa shape index (κ3) is 6.95. The molecule has 0 unspecified atom stereocenters. The first-order valence-electron chi connectivity index (χ1n) is 9.05. The highest BCUT2D eigenvalue weighted by Crippen LogP contribution is 2.27. The molecule has 0 amide bonds. The van der Waals surface area contributed by atoms with E-state index in [-0.39, 0.29) is 17.8 Å². The Morgan fingerprint density at radius 3 is 2.27 bits per heavy atom. The number of allylic oxidation sites excluding steroid dienone is 1. The van der Waals surface area contributed by atoms with Gasteiger partial charge in [-0.2, -0.15) is 0 Å². The Labute approximate surface area is 156 Å². The minimum atomic E-state index is -0.0622. The Morgan fingerprint density at radius 1 is 1.00 bits per heavy atom. The molecule has 2 aromatic rings. The van der Waals surface area contributed by atoms with Crippen LogP contribution in [0.25, 0.3) is 0 Å². The van der Waals surface area contributed by atoms with Crippen molar-refractivity contribution in [3.05, 3.63) is 83.9 Å². The number of methoxy groups -OCH3 is 1. The maximum Gasteiger partial charge on any atom is 0.133 e. The summed E-state index contributed by atoms with van der Waals surface area (Å²) in [5, 5.41) is 0. The first-order valence-corrected chi connectivity index (χ1v) is 9.05. The Bertz CT molecular complexity index is 664. The number of hydrogen-bond acceptors (Lipinski definition) is 3. The van der Waals surface area contributed by atoms with Gasteiger partial charge in [0.15, 0.2) is 0 Å². The molecule has 0 N–H and O–H groups in total. The zero-order chi connectivity index (χ0) is 18.6. The molecule has 0 fully saturated rings. The van der Waals surface area contributed by atoms with Crippen molar-refractivity contribution in [3.8, 4) is 0 Å². The van der Waals surface area contributed by atoms with Crippen LogP contribution in [0.4, 0.5) is 0 Å². The van der Waals surface area contributed by atoms with Crippen LogP contribution in [0.1, 0.15) is 37.0 Å². The van der Waals surface area contributed by atoms with Crippen molar-refractivity contribution < 1.29 is 14.3 Å². The number of ketones is 1. The SMILES string of the molecule is CO[C@H](C[C@H](C/C=C\COCc1ccccc1)C(C)=O)c1ccccc1. The molecule has 0 aliphatic carbocycles. The highest BCUT2D eigenvalue weighted by Gasteiger charge is 2.20. The molecule has 2 aromatic carbocycles. The number of hydrogen-bond donors (Lipinski definition) is 0. The lowest BCUT2D eigenvalue weighted by Gasteiger charge is -2.20. The van der Waals surface area contributed by atoms with Crippen molar-refractivity contribution in [2.75, 3.05) is 13.7 Å². The Hall–Kier alpha value is -2.23. The van der Waals surface area contributed by atoms with Crippen molar-refractivity contribution >= 4 is 5.78 Å². The summed E-state index contributed by atoms with van der Waals surface area (Å²) in [6.07, 6.45) is 5.35. The lowest BCUT2D eigenvalue weighted by atomic mass is 9.91. The molecule has 0 saturated carbocycles. The summed E-state index contributed by atoms with van der Waals surface area (Å²) in [6.45, 7) is 2.80. The third-order valence-corrected chi connectivity index (χ3v) is 4.44. The maximum atomic E-state index is 12.0. The maximum absolute atomic E-state index is 12.0. The van der Waals surface area contributed by atoms with E-state index in [1.165, 1.54) is 0 Å². The van der Waals surface area contributed by atoms with E-state index in [9.17, 15) is 4.79 Å². The standard InChI is InChI=1S/C23H28O3/c1-19(24)22(17-23(25-2)21-13-7-4-8-14-21)15-9-10-16-26-18-20-11-5-3-6-12-20/h3-14,22-23H,15-18H2,1-2H3/b10-9-/t22-,23+/m0/s1. The smallest absolute Gasteiger partial charge is 0.133 e. The van der Waals surface area contributed by atoms with Gasteiger partial charge in [0.2, 0.25) is 0 Å². The number of rotatable bonds is 11. The first kappa shape index (κ1) is 20.1. The highest BCUT2D eigenvalue weighted by molar-refractivity contribution is 5.78. The molecule has 0 radical (unpaired) electrons. The molecule has 0 bridgehead atoms. The van der Waals surface area contributed by atoms with Crippen LogP contribution in [-0.2, 0) is 20.9 Å². The fourth-order valence-electron chi connectivity index (χ4n) is 2.87. The third-order valence-electron chi connectivity index (χ3n) is 4.44. The minimum absolute atomic E-state index is 0.0504. The van der Waals surface area contributed by atoms with E-state index in [1.54, 1.807) is 14.0 Å². The van der Waals surface area contributed by atoms with Crippen LogP contribution in [0, 0.1) is 5.92 Å². The molecule has 0 aliphatic heterocycles. The Morgan fingerprint density at radius 2 is 1.65 bits per heavy atom. The van der Waals surface area contributed by atoms with Gasteiger partial charge in [0.1, 0.15) is 5.78 Å². The molecule has 2 rings (SSSR count). The number of Topliss-reactive ketones (excluding diaryl/α,β-unsaturated/α-hetero) is 1. The van der Waals surface area contributed by atoms with Crippen molar-refractivity contribution in [1.82, 2.24) is 0 Å². The van der Waals surface area contributed by atoms with E-state index in [1.807, 2.05) is 72.8 Å². The fourth-order valence-corrected chi connectivity index (χ4v) is 2.87. The van der Waals surface area contributed by atoms with Crippen molar-refractivity contribution in [2.45, 2.75) is 32.5 Å². The first-order chi connectivity index (χ1) is 12.7. The lowest BCUT2D eigenvalue weighted by Crippen LogP contribution is -2.15. The molecule has 3 heteroatoms. The molecular formula is C23H28O3. The summed E-state index contributed by atoms with van der Waals surface area (Å²) < 4.78 is 11.2. The topological polar surface area (TPSA) is 35.5 Å². The van der Waals surface area contributed by atoms with Gasteiger partial charge in [-0.1, -0.05) is 72.8 Å². The second-order valence-electron chi connectivity index (χ2n) is 6.39. The quantitative estimate of drug-likeness (QED) is 0.415. The van der Waals surface area contributed by atoms with Gasteiger partial charge >= 0.3 is 0 Å². The van der Waals surface area contributed by atoms with Crippen LogP contribution in [0.2, 0.25) is 0 Å². The van der Waals surface area contributed by atoms with E-state index >= 15 is 0 Å². The summed E-state index contributed by atoms with van der Waals surface area (Å²) >= 11 is 0. The number of carbonyl (C=O) groups is 1. The van der Waals surface area contributed by atoms with E-state index < -0.39 is 0 Å². The van der Waals surface area contributed by atoms with Gasteiger partial charge in [-0.25, -0.2) is 0 Å². The summed E-state index contributed by atoms with van der Waals surface area (Å²) in [4.78, 5) is 12.0. The van der Waals surface area contributed by atoms with Crippen LogP contribution >= 0.6 is 0 Å². The molecule has 138 valence electrons. The number of carbonyl (C=O) groups excluding carboxylic acids is 1. The average molecular weight is 352 g/mol. The normalized spacial score (nSPS) is 13.6. The van der Waals surface area contributed by atoms with Crippen LogP contribution in [0.3, 0.4) is 0 Å². The molecule has 2 atom stereocenters. The van der Waals surface area contributed by atoms with Crippen LogP contribution in [0.5, 0.6) is 0 Å². The zero-order valence-electron chi connectivity index (χ0n) is 15.6. The van der Waals surface area contributed by atoms with Gasteiger partial charge < -0.3 is 9.47 Å². The minimum Gasteiger partial charge on any atom is -0.377 e. The molecule has 0 heterocycles. The van der Waals surface area contributed by atoms with Gasteiger partial charge in [-0.05, 0) is 30.9 Å². The Kier molecular flexibility index (Phi) is 8.81. The van der Waals surface area contributed by atoms with Gasteiger partial charge in [0.05, 0.1) is 19.3 Å². The molecule has 3 nitrogen and oxygen atoms in total.